The van der Waals surface area contributed by atoms with Crippen molar-refractivity contribution in [3.8, 4) is 11.3 Å². The number of rotatable bonds is 3. The van der Waals surface area contributed by atoms with Gasteiger partial charge in [0.1, 0.15) is 0 Å². The molecule has 3 heteroatoms. The summed E-state index contributed by atoms with van der Waals surface area (Å²) in [6.07, 6.45) is 0.589. The van der Waals surface area contributed by atoms with E-state index in [1.165, 1.54) is 0 Å². The van der Waals surface area contributed by atoms with Crippen molar-refractivity contribution in [2.24, 2.45) is 0 Å². The lowest BCUT2D eigenvalue weighted by Crippen LogP contribution is -2.24. The van der Waals surface area contributed by atoms with Crippen LogP contribution in [-0.4, -0.2) is 11.0 Å². The van der Waals surface area contributed by atoms with Gasteiger partial charge in [0, 0.05) is 16.5 Å². The van der Waals surface area contributed by atoms with Crippen molar-refractivity contribution in [1.82, 2.24) is 4.98 Å². The highest BCUT2D eigenvalue weighted by atomic mass is 16.4. The first-order chi connectivity index (χ1) is 10.2. The Morgan fingerprint density at radius 3 is 2.38 bits per heavy atom. The molecule has 0 fully saturated rings. The third-order valence-electron chi connectivity index (χ3n) is 3.60. The van der Waals surface area contributed by atoms with E-state index in [0.717, 1.165) is 16.8 Å². The van der Waals surface area contributed by atoms with Gasteiger partial charge in [-0.15, -0.1) is 0 Å². The smallest absolute Gasteiger partial charge is 0.0748 e. The van der Waals surface area contributed by atoms with Gasteiger partial charge >= 0.3 is 0 Å². The zero-order chi connectivity index (χ0) is 14.8. The van der Waals surface area contributed by atoms with Crippen molar-refractivity contribution in [3.63, 3.8) is 0 Å². The van der Waals surface area contributed by atoms with Crippen molar-refractivity contribution in [2.45, 2.75) is 13.3 Å². The molecule has 3 nitrogen and oxygen atoms in total. The molecule has 104 valence electrons. The van der Waals surface area contributed by atoms with Gasteiger partial charge in [0.15, 0.2) is 0 Å². The molecule has 1 heterocycles. The summed E-state index contributed by atoms with van der Waals surface area (Å²) >= 11 is 0. The van der Waals surface area contributed by atoms with Crippen LogP contribution in [-0.2, 0) is 6.42 Å². The number of fused-ring (bicyclic) bond motifs is 1. The van der Waals surface area contributed by atoms with Gasteiger partial charge in [-0.05, 0) is 18.1 Å². The highest BCUT2D eigenvalue weighted by Gasteiger charge is 2.15. The van der Waals surface area contributed by atoms with E-state index in [1.807, 2.05) is 55.5 Å². The minimum atomic E-state index is -1.15. The molecule has 0 bridgehead atoms. The maximum Gasteiger partial charge on any atom is 0.0748 e. The number of hydrogen-bond donors (Lipinski definition) is 0. The molecule has 0 spiro atoms. The molecule has 0 atom stereocenters. The lowest BCUT2D eigenvalue weighted by atomic mass is 9.95. The average Bonchev–Trinajstić information content (AvgIpc) is 2.53. The molecule has 0 unspecified atom stereocenters. The van der Waals surface area contributed by atoms with E-state index < -0.39 is 5.97 Å². The van der Waals surface area contributed by atoms with Gasteiger partial charge in [0.2, 0.25) is 0 Å². The molecule has 0 radical (unpaired) electrons. The molecular weight excluding hydrogens is 262 g/mol. The van der Waals surface area contributed by atoms with Crippen LogP contribution in [0.2, 0.25) is 0 Å². The number of carbonyl (C=O) groups is 1. The second-order valence-electron chi connectivity index (χ2n) is 4.84. The second-order valence-corrected chi connectivity index (χ2v) is 4.84. The lowest BCUT2D eigenvalue weighted by Gasteiger charge is -2.17. The van der Waals surface area contributed by atoms with E-state index in [0.29, 0.717) is 17.3 Å². The Morgan fingerprint density at radius 1 is 1.05 bits per heavy atom. The van der Waals surface area contributed by atoms with Crippen LogP contribution in [0.1, 0.15) is 22.8 Å². The van der Waals surface area contributed by atoms with Gasteiger partial charge in [0.05, 0.1) is 17.2 Å². The van der Waals surface area contributed by atoms with Crippen LogP contribution < -0.4 is 5.11 Å². The van der Waals surface area contributed by atoms with Crippen LogP contribution in [0.15, 0.2) is 54.6 Å². The molecule has 2 aromatic carbocycles. The van der Waals surface area contributed by atoms with Crippen molar-refractivity contribution in [3.05, 3.63) is 65.7 Å². The molecule has 0 saturated carbocycles. The summed E-state index contributed by atoms with van der Waals surface area (Å²) in [6, 6.07) is 16.9. The number of aromatic nitrogens is 1. The van der Waals surface area contributed by atoms with Gasteiger partial charge in [0.25, 0.3) is 0 Å². The summed E-state index contributed by atoms with van der Waals surface area (Å²) in [7, 11) is 0. The first-order valence-corrected chi connectivity index (χ1v) is 6.90. The molecule has 0 N–H and O–H groups in total. The summed E-state index contributed by atoms with van der Waals surface area (Å²) in [6.45, 7) is 1.94. The molecule has 0 amide bonds. The minimum Gasteiger partial charge on any atom is -0.545 e. The van der Waals surface area contributed by atoms with Crippen molar-refractivity contribution in [2.75, 3.05) is 0 Å². The molecule has 0 aliphatic rings. The molecule has 0 aliphatic carbocycles. The van der Waals surface area contributed by atoms with Crippen molar-refractivity contribution < 1.29 is 9.90 Å². The van der Waals surface area contributed by atoms with E-state index in [2.05, 4.69) is 4.98 Å². The second kappa shape index (κ2) is 5.37. The zero-order valence-corrected chi connectivity index (χ0v) is 11.7. The number of benzene rings is 2. The molecular formula is C18H14NO2-. The van der Waals surface area contributed by atoms with Crippen LogP contribution in [0.5, 0.6) is 0 Å². The van der Waals surface area contributed by atoms with Gasteiger partial charge in [-0.2, -0.15) is 0 Å². The Balaban J connectivity index is 2.43. The van der Waals surface area contributed by atoms with Crippen molar-refractivity contribution >= 4 is 16.9 Å². The first kappa shape index (κ1) is 13.3. The number of para-hydroxylation sites is 1. The molecule has 3 aromatic rings. The maximum absolute atomic E-state index is 11.6. The summed E-state index contributed by atoms with van der Waals surface area (Å²) < 4.78 is 0. The molecule has 21 heavy (non-hydrogen) atoms. The number of carboxylic acids is 1. The van der Waals surface area contributed by atoms with Gasteiger partial charge < -0.3 is 9.90 Å². The Morgan fingerprint density at radius 2 is 1.71 bits per heavy atom. The van der Waals surface area contributed by atoms with Crippen LogP contribution in [0.3, 0.4) is 0 Å². The number of carboxylic acid groups (broad SMARTS) is 1. The van der Waals surface area contributed by atoms with Crippen LogP contribution >= 0.6 is 0 Å². The van der Waals surface area contributed by atoms with E-state index in [-0.39, 0.29) is 5.56 Å². The standard InChI is InChI=1S/C18H15NO2/c1-2-13-16(18(20)21)14-10-6-7-11-15(14)19-17(13)12-8-4-3-5-9-12/h3-11H,2H2,1H3,(H,20,21)/p-1. The fourth-order valence-electron chi connectivity index (χ4n) is 2.66. The maximum atomic E-state index is 11.6. The van der Waals surface area contributed by atoms with Gasteiger partial charge in [-0.25, -0.2) is 4.98 Å². The van der Waals surface area contributed by atoms with Crippen LogP contribution in [0.25, 0.3) is 22.2 Å². The number of pyridine rings is 1. The molecule has 3 rings (SSSR count). The quantitative estimate of drug-likeness (QED) is 0.739. The predicted octanol–water partition coefficient (Wildman–Crippen LogP) is 2.83. The van der Waals surface area contributed by atoms with Crippen LogP contribution in [0.4, 0.5) is 0 Å². The topological polar surface area (TPSA) is 53.0 Å². The Kier molecular flexibility index (Phi) is 3.40. The fourth-order valence-corrected chi connectivity index (χ4v) is 2.66. The Hall–Kier alpha value is -2.68. The van der Waals surface area contributed by atoms with E-state index in [9.17, 15) is 9.90 Å². The summed E-state index contributed by atoms with van der Waals surface area (Å²) in [5, 5.41) is 12.3. The number of carbonyl (C=O) groups excluding carboxylic acids is 1. The lowest BCUT2D eigenvalue weighted by molar-refractivity contribution is -0.254. The summed E-state index contributed by atoms with van der Waals surface area (Å²) in [4.78, 5) is 16.3. The summed E-state index contributed by atoms with van der Waals surface area (Å²) in [5.74, 6) is -1.15. The van der Waals surface area contributed by atoms with Crippen LogP contribution in [0, 0.1) is 0 Å². The normalized spacial score (nSPS) is 10.7. The van der Waals surface area contributed by atoms with Crippen molar-refractivity contribution in [1.29, 1.82) is 0 Å². The highest BCUT2D eigenvalue weighted by molar-refractivity contribution is 6.04. The largest absolute Gasteiger partial charge is 0.545 e. The Labute approximate surface area is 122 Å². The Bertz CT molecular complexity index is 810. The number of hydrogen-bond acceptors (Lipinski definition) is 3. The van der Waals surface area contributed by atoms with E-state index in [4.69, 9.17) is 0 Å². The minimum absolute atomic E-state index is 0.252. The fraction of sp³-hybridized carbons (Fsp3) is 0.111. The third kappa shape index (κ3) is 2.27. The third-order valence-corrected chi connectivity index (χ3v) is 3.60. The summed E-state index contributed by atoms with van der Waals surface area (Å²) in [5.41, 5.74) is 3.29. The first-order valence-electron chi connectivity index (χ1n) is 6.90. The van der Waals surface area contributed by atoms with Gasteiger partial charge in [-0.1, -0.05) is 55.5 Å². The molecule has 1 aromatic heterocycles. The van der Waals surface area contributed by atoms with Gasteiger partial charge in [-0.3, -0.25) is 0 Å². The van der Waals surface area contributed by atoms with E-state index >= 15 is 0 Å². The number of nitrogens with zero attached hydrogens (tertiary/aromatic N) is 1. The predicted molar refractivity (Wildman–Crippen MR) is 80.9 cm³/mol. The zero-order valence-electron chi connectivity index (χ0n) is 11.7. The average molecular weight is 276 g/mol. The monoisotopic (exact) mass is 276 g/mol. The molecule has 0 saturated heterocycles. The number of aromatic carboxylic acids is 1. The molecule has 0 aliphatic heterocycles. The van der Waals surface area contributed by atoms with E-state index in [1.54, 1.807) is 6.07 Å². The SMILES string of the molecule is CCc1c(-c2ccccc2)nc2ccccc2c1C(=O)[O-]. The highest BCUT2D eigenvalue weighted by Crippen LogP contribution is 2.30.